The number of nitrogens with one attached hydrogen (secondary N) is 1. The molecule has 0 saturated heterocycles. The first kappa shape index (κ1) is 13.8. The van der Waals surface area contributed by atoms with Crippen LogP contribution in [0.5, 0.6) is 0 Å². The number of aromatic nitrogens is 2. The monoisotopic (exact) mass is 466 g/mol. The number of allylic oxidation sites excluding steroid dienone is 5. The van der Waals surface area contributed by atoms with Gasteiger partial charge in [0.25, 0.3) is 0 Å². The Hall–Kier alpha value is -0.640. The molecule has 1 aromatic rings. The summed E-state index contributed by atoms with van der Waals surface area (Å²) in [5.74, 6) is 0.635. The molecule has 1 atom stereocenters. The fourth-order valence-corrected chi connectivity index (χ4v) is 2.16. The van der Waals surface area contributed by atoms with Gasteiger partial charge in [-0.2, -0.15) is 0 Å². The van der Waals surface area contributed by atoms with E-state index in [9.17, 15) is 0 Å². The molecule has 4 nitrogen and oxygen atoms in total. The van der Waals surface area contributed by atoms with E-state index in [1.807, 2.05) is 18.2 Å². The van der Waals surface area contributed by atoms with Crippen molar-refractivity contribution in [3.8, 4) is 0 Å². The van der Waals surface area contributed by atoms with E-state index in [4.69, 9.17) is 5.73 Å². The predicted molar refractivity (Wildman–Crippen MR) is 91.6 cm³/mol. The van der Waals surface area contributed by atoms with Gasteiger partial charge in [-0.3, -0.25) is 0 Å². The maximum Gasteiger partial charge on any atom is 0.158 e. The highest BCUT2D eigenvalue weighted by molar-refractivity contribution is 14.1. The lowest BCUT2D eigenvalue weighted by Gasteiger charge is -2.11. The molecule has 1 aromatic heterocycles. The van der Waals surface area contributed by atoms with Gasteiger partial charge in [-0.25, -0.2) is 9.97 Å². The smallest absolute Gasteiger partial charge is 0.158 e. The standard InChI is InChI=1S/C12H12I2N4/c1-12(14)5-2-3-8(4-6-12)18-11-9(15)10(13)16-7-17-11/h2-7H,15H2,1H3,(H,16,17,18)/t12-/m0/s1. The second-order valence-corrected chi connectivity index (χ2v) is 7.36. The molecule has 94 valence electrons. The van der Waals surface area contributed by atoms with E-state index in [-0.39, 0.29) is 3.42 Å². The van der Waals surface area contributed by atoms with Crippen LogP contribution in [0.15, 0.2) is 42.4 Å². The normalized spacial score (nSPS) is 22.5. The zero-order valence-electron chi connectivity index (χ0n) is 9.69. The Labute approximate surface area is 133 Å². The van der Waals surface area contributed by atoms with Crippen molar-refractivity contribution in [2.45, 2.75) is 10.3 Å². The van der Waals surface area contributed by atoms with Crippen LogP contribution in [0.1, 0.15) is 6.92 Å². The van der Waals surface area contributed by atoms with Gasteiger partial charge in [0, 0.05) is 5.70 Å². The van der Waals surface area contributed by atoms with Gasteiger partial charge in [-0.05, 0) is 41.7 Å². The Morgan fingerprint density at radius 3 is 2.89 bits per heavy atom. The Kier molecular flexibility index (Phi) is 4.25. The minimum Gasteiger partial charge on any atom is -0.394 e. The van der Waals surface area contributed by atoms with Gasteiger partial charge in [0.15, 0.2) is 5.82 Å². The summed E-state index contributed by atoms with van der Waals surface area (Å²) in [6.45, 7) is 2.14. The number of hydrogen-bond donors (Lipinski definition) is 2. The van der Waals surface area contributed by atoms with Crippen LogP contribution in [-0.4, -0.2) is 13.4 Å². The van der Waals surface area contributed by atoms with Gasteiger partial charge >= 0.3 is 0 Å². The summed E-state index contributed by atoms with van der Waals surface area (Å²) in [6.07, 6.45) is 11.8. The molecule has 0 aliphatic heterocycles. The minimum absolute atomic E-state index is 0.0311. The molecule has 1 aliphatic carbocycles. The number of alkyl halides is 1. The van der Waals surface area contributed by atoms with Gasteiger partial charge < -0.3 is 11.1 Å². The summed E-state index contributed by atoms with van der Waals surface area (Å²) in [6, 6.07) is 0. The predicted octanol–water partition coefficient (Wildman–Crippen LogP) is 3.28. The first-order valence-electron chi connectivity index (χ1n) is 5.28. The first-order chi connectivity index (χ1) is 8.48. The summed E-state index contributed by atoms with van der Waals surface area (Å²) in [7, 11) is 0. The van der Waals surface area contributed by atoms with E-state index >= 15 is 0 Å². The number of halogens is 2. The van der Waals surface area contributed by atoms with Crippen molar-refractivity contribution >= 4 is 56.7 Å². The van der Waals surface area contributed by atoms with Crippen LogP contribution in [-0.2, 0) is 0 Å². The molecule has 6 heteroatoms. The summed E-state index contributed by atoms with van der Waals surface area (Å²) >= 11 is 4.47. The third-order valence-corrected chi connectivity index (χ3v) is 3.96. The molecule has 18 heavy (non-hydrogen) atoms. The van der Waals surface area contributed by atoms with Gasteiger partial charge in [0.1, 0.15) is 15.7 Å². The highest BCUT2D eigenvalue weighted by atomic mass is 127. The lowest BCUT2D eigenvalue weighted by atomic mass is 10.1. The highest BCUT2D eigenvalue weighted by Crippen LogP contribution is 2.26. The quantitative estimate of drug-likeness (QED) is 0.399. The van der Waals surface area contributed by atoms with Crippen molar-refractivity contribution < 1.29 is 0 Å². The zero-order chi connectivity index (χ0) is 13.2. The molecular weight excluding hydrogens is 454 g/mol. The molecule has 0 spiro atoms. The third kappa shape index (κ3) is 3.44. The summed E-state index contributed by atoms with van der Waals surface area (Å²) < 4.78 is 0.779. The van der Waals surface area contributed by atoms with E-state index < -0.39 is 0 Å². The van der Waals surface area contributed by atoms with Crippen LogP contribution < -0.4 is 11.1 Å². The van der Waals surface area contributed by atoms with Crippen molar-refractivity contribution in [1.82, 2.24) is 9.97 Å². The summed E-state index contributed by atoms with van der Waals surface area (Å²) in [5.41, 5.74) is 7.45. The molecule has 0 unspecified atom stereocenters. The molecule has 0 radical (unpaired) electrons. The molecule has 2 rings (SSSR count). The Bertz CT molecular complexity index is 547. The van der Waals surface area contributed by atoms with Gasteiger partial charge in [0.2, 0.25) is 0 Å². The molecule has 3 N–H and O–H groups in total. The highest BCUT2D eigenvalue weighted by Gasteiger charge is 2.13. The second kappa shape index (κ2) is 5.55. The van der Waals surface area contributed by atoms with Crippen molar-refractivity contribution in [3.05, 3.63) is 46.1 Å². The van der Waals surface area contributed by atoms with Crippen molar-refractivity contribution in [1.29, 1.82) is 0 Å². The maximum atomic E-state index is 5.93. The molecule has 1 heterocycles. The number of nitrogens with two attached hydrogens (primary N) is 1. The SMILES string of the molecule is C[C@]1(I)C=CC=C(Nc2ncnc(I)c2N)C=C1. The second-order valence-electron chi connectivity index (χ2n) is 4.02. The van der Waals surface area contributed by atoms with Crippen LogP contribution in [0.4, 0.5) is 11.5 Å². The van der Waals surface area contributed by atoms with E-state index in [2.05, 4.69) is 79.5 Å². The molecule has 0 bridgehead atoms. The number of anilines is 2. The van der Waals surface area contributed by atoms with Crippen LogP contribution in [0, 0.1) is 3.70 Å². The topological polar surface area (TPSA) is 63.8 Å². The van der Waals surface area contributed by atoms with Crippen LogP contribution in [0.3, 0.4) is 0 Å². The maximum absolute atomic E-state index is 5.93. The number of rotatable bonds is 2. The Balaban J connectivity index is 2.23. The van der Waals surface area contributed by atoms with E-state index in [0.29, 0.717) is 11.5 Å². The van der Waals surface area contributed by atoms with Gasteiger partial charge in [0.05, 0.1) is 3.42 Å². The average molecular weight is 466 g/mol. The molecular formula is C12H12I2N4. The molecule has 1 aliphatic rings. The average Bonchev–Trinajstić information content (AvgIpc) is 2.47. The largest absolute Gasteiger partial charge is 0.394 e. The fourth-order valence-electron chi connectivity index (χ4n) is 1.40. The van der Waals surface area contributed by atoms with E-state index in [0.717, 1.165) is 9.40 Å². The Morgan fingerprint density at radius 2 is 2.11 bits per heavy atom. The zero-order valence-corrected chi connectivity index (χ0v) is 14.0. The van der Waals surface area contributed by atoms with Crippen LogP contribution in [0.2, 0.25) is 0 Å². The van der Waals surface area contributed by atoms with Crippen molar-refractivity contribution in [2.75, 3.05) is 11.1 Å². The number of hydrogen-bond acceptors (Lipinski definition) is 4. The Morgan fingerprint density at radius 1 is 1.33 bits per heavy atom. The summed E-state index contributed by atoms with van der Waals surface area (Å²) in [5, 5.41) is 3.21. The van der Waals surface area contributed by atoms with Gasteiger partial charge in [-0.15, -0.1) is 0 Å². The molecule has 0 amide bonds. The van der Waals surface area contributed by atoms with E-state index in [1.54, 1.807) is 0 Å². The minimum atomic E-state index is 0.0311. The van der Waals surface area contributed by atoms with Gasteiger partial charge in [-0.1, -0.05) is 40.8 Å². The fraction of sp³-hybridized carbons (Fsp3) is 0.167. The van der Waals surface area contributed by atoms with Crippen LogP contribution >= 0.6 is 45.2 Å². The third-order valence-electron chi connectivity index (χ3n) is 2.38. The van der Waals surface area contributed by atoms with Crippen molar-refractivity contribution in [2.24, 2.45) is 0 Å². The van der Waals surface area contributed by atoms with Crippen LogP contribution in [0.25, 0.3) is 0 Å². The van der Waals surface area contributed by atoms with Crippen molar-refractivity contribution in [3.63, 3.8) is 0 Å². The number of nitrogens with zero attached hydrogens (tertiary/aromatic N) is 2. The first-order valence-corrected chi connectivity index (χ1v) is 7.44. The molecule has 0 fully saturated rings. The lowest BCUT2D eigenvalue weighted by Crippen LogP contribution is -2.07. The number of nitrogen functional groups attached to an aromatic ring is 1. The molecule has 0 saturated carbocycles. The summed E-state index contributed by atoms with van der Waals surface area (Å²) in [4.78, 5) is 8.18. The van der Waals surface area contributed by atoms with E-state index in [1.165, 1.54) is 6.33 Å². The lowest BCUT2D eigenvalue weighted by molar-refractivity contribution is 1.06. The molecule has 0 aromatic carbocycles.